The van der Waals surface area contributed by atoms with Crippen molar-refractivity contribution in [3.8, 4) is 0 Å². The van der Waals surface area contributed by atoms with Gasteiger partial charge in [-0.15, -0.1) is 0 Å². The van der Waals surface area contributed by atoms with Gasteiger partial charge in [0.2, 0.25) is 5.91 Å². The Morgan fingerprint density at radius 1 is 0.944 bits per heavy atom. The SMILES string of the molecule is CCS(=O)(=O)c1ccc(CC(=O)Nc2ccc(C(=O)N(C)C(C)c3ccc(C4CC4)cc3)cc2)cc1. The number of benzene rings is 3. The van der Waals surface area contributed by atoms with Crippen molar-refractivity contribution in [1.82, 2.24) is 4.90 Å². The van der Waals surface area contributed by atoms with Crippen molar-refractivity contribution in [1.29, 1.82) is 0 Å². The second-order valence-corrected chi connectivity index (χ2v) is 11.7. The number of nitrogens with one attached hydrogen (secondary N) is 1. The zero-order valence-electron chi connectivity index (χ0n) is 20.9. The molecule has 1 aliphatic carbocycles. The first-order valence-corrected chi connectivity index (χ1v) is 13.9. The summed E-state index contributed by atoms with van der Waals surface area (Å²) in [6.45, 7) is 3.62. The highest BCUT2D eigenvalue weighted by molar-refractivity contribution is 7.91. The lowest BCUT2D eigenvalue weighted by atomic mass is 10.0. The summed E-state index contributed by atoms with van der Waals surface area (Å²) in [5.74, 6) is 0.431. The molecule has 1 atom stereocenters. The smallest absolute Gasteiger partial charge is 0.254 e. The average molecular weight is 505 g/mol. The van der Waals surface area contributed by atoms with E-state index in [0.717, 1.165) is 11.1 Å². The molecule has 3 aromatic carbocycles. The fourth-order valence-corrected chi connectivity index (χ4v) is 5.02. The van der Waals surface area contributed by atoms with Crippen LogP contribution in [-0.2, 0) is 21.1 Å². The molecule has 0 bridgehead atoms. The molecule has 0 aromatic heterocycles. The second kappa shape index (κ2) is 10.7. The van der Waals surface area contributed by atoms with Gasteiger partial charge in [0.1, 0.15) is 0 Å². The molecule has 1 unspecified atom stereocenters. The van der Waals surface area contributed by atoms with Crippen molar-refractivity contribution in [3.63, 3.8) is 0 Å². The molecular formula is C29H32N2O4S. The first-order valence-electron chi connectivity index (χ1n) is 12.3. The first kappa shape index (κ1) is 25.6. The van der Waals surface area contributed by atoms with Gasteiger partial charge in [-0.3, -0.25) is 9.59 Å². The zero-order valence-corrected chi connectivity index (χ0v) is 21.7. The van der Waals surface area contributed by atoms with Crippen LogP contribution in [0.3, 0.4) is 0 Å². The molecule has 0 saturated heterocycles. The zero-order chi connectivity index (χ0) is 25.9. The Kier molecular flexibility index (Phi) is 7.59. The quantitative estimate of drug-likeness (QED) is 0.425. The van der Waals surface area contributed by atoms with Crippen molar-refractivity contribution in [2.45, 2.75) is 50.0 Å². The van der Waals surface area contributed by atoms with Crippen LogP contribution in [-0.4, -0.2) is 37.9 Å². The predicted molar refractivity (Wildman–Crippen MR) is 142 cm³/mol. The summed E-state index contributed by atoms with van der Waals surface area (Å²) in [6, 6.07) is 21.7. The van der Waals surface area contributed by atoms with Gasteiger partial charge in [0.15, 0.2) is 9.84 Å². The van der Waals surface area contributed by atoms with Crippen molar-refractivity contribution < 1.29 is 18.0 Å². The number of carbonyl (C=O) groups is 2. The van der Waals surface area contributed by atoms with Crippen LogP contribution in [0.15, 0.2) is 77.7 Å². The van der Waals surface area contributed by atoms with E-state index in [0.29, 0.717) is 17.2 Å². The molecule has 2 amide bonds. The van der Waals surface area contributed by atoms with Crippen LogP contribution >= 0.6 is 0 Å². The molecule has 0 heterocycles. The average Bonchev–Trinajstić information content (AvgIpc) is 3.74. The van der Waals surface area contributed by atoms with E-state index in [1.165, 1.54) is 30.5 Å². The number of sulfone groups is 1. The Bertz CT molecular complexity index is 1330. The molecule has 6 nitrogen and oxygen atoms in total. The summed E-state index contributed by atoms with van der Waals surface area (Å²) < 4.78 is 23.9. The van der Waals surface area contributed by atoms with E-state index in [4.69, 9.17) is 0 Å². The van der Waals surface area contributed by atoms with Crippen molar-refractivity contribution >= 4 is 27.3 Å². The second-order valence-electron chi connectivity index (χ2n) is 9.38. The summed E-state index contributed by atoms with van der Waals surface area (Å²) in [5, 5.41) is 2.83. The Morgan fingerprint density at radius 3 is 2.11 bits per heavy atom. The monoisotopic (exact) mass is 504 g/mol. The largest absolute Gasteiger partial charge is 0.335 e. The lowest BCUT2D eigenvalue weighted by Gasteiger charge is -2.25. The summed E-state index contributed by atoms with van der Waals surface area (Å²) in [6.07, 6.45) is 2.65. The number of carbonyl (C=O) groups excluding carboxylic acids is 2. The van der Waals surface area contributed by atoms with Crippen LogP contribution in [0, 0.1) is 0 Å². The van der Waals surface area contributed by atoms with Gasteiger partial charge in [-0.2, -0.15) is 0 Å². The number of rotatable bonds is 9. The molecule has 36 heavy (non-hydrogen) atoms. The van der Waals surface area contributed by atoms with Crippen LogP contribution in [0.4, 0.5) is 5.69 Å². The lowest BCUT2D eigenvalue weighted by molar-refractivity contribution is -0.115. The molecule has 1 saturated carbocycles. The van der Waals surface area contributed by atoms with Crippen LogP contribution in [0.2, 0.25) is 0 Å². The molecule has 1 N–H and O–H groups in total. The van der Waals surface area contributed by atoms with E-state index >= 15 is 0 Å². The maximum atomic E-state index is 13.0. The Hall–Kier alpha value is -3.45. The molecule has 0 spiro atoms. The highest BCUT2D eigenvalue weighted by atomic mass is 32.2. The number of hydrogen-bond donors (Lipinski definition) is 1. The molecule has 4 rings (SSSR count). The number of hydrogen-bond acceptors (Lipinski definition) is 4. The minimum absolute atomic E-state index is 0.0352. The van der Waals surface area contributed by atoms with E-state index in [9.17, 15) is 18.0 Å². The Balaban J connectivity index is 1.33. The van der Waals surface area contributed by atoms with Gasteiger partial charge in [0, 0.05) is 18.3 Å². The highest BCUT2D eigenvalue weighted by Crippen LogP contribution is 2.40. The van der Waals surface area contributed by atoms with Crippen LogP contribution in [0.1, 0.15) is 65.7 Å². The van der Waals surface area contributed by atoms with Gasteiger partial charge in [-0.1, -0.05) is 43.3 Å². The van der Waals surface area contributed by atoms with Crippen LogP contribution in [0.5, 0.6) is 0 Å². The maximum Gasteiger partial charge on any atom is 0.254 e. The molecule has 1 aliphatic rings. The molecule has 0 radical (unpaired) electrons. The van der Waals surface area contributed by atoms with Gasteiger partial charge in [0.25, 0.3) is 5.91 Å². The third kappa shape index (κ3) is 6.02. The van der Waals surface area contributed by atoms with E-state index in [1.54, 1.807) is 55.3 Å². The number of anilines is 1. The van der Waals surface area contributed by atoms with Crippen LogP contribution < -0.4 is 5.32 Å². The lowest BCUT2D eigenvalue weighted by Crippen LogP contribution is -2.29. The molecule has 7 heteroatoms. The minimum atomic E-state index is -3.26. The van der Waals surface area contributed by atoms with Gasteiger partial charge >= 0.3 is 0 Å². The normalized spacial score (nSPS) is 14.2. The molecule has 0 aliphatic heterocycles. The maximum absolute atomic E-state index is 13.0. The number of nitrogens with zero attached hydrogens (tertiary/aromatic N) is 1. The summed E-state index contributed by atoms with van der Waals surface area (Å²) in [5.41, 5.74) is 4.33. The number of amides is 2. The van der Waals surface area contributed by atoms with Crippen molar-refractivity contribution in [2.75, 3.05) is 18.1 Å². The standard InChI is InChI=1S/C29H32N2O4S/c1-4-36(34,35)27-17-5-21(6-18-27)19-28(32)30-26-15-13-25(14-16-26)29(33)31(3)20(2)22-7-9-23(10-8-22)24-11-12-24/h5-10,13-18,20,24H,4,11-12,19H2,1-3H3,(H,30,32). The predicted octanol–water partition coefficient (Wildman–Crippen LogP) is 5.37. The van der Waals surface area contributed by atoms with Crippen molar-refractivity contribution in [2.24, 2.45) is 0 Å². The van der Waals surface area contributed by atoms with Gasteiger partial charge in [-0.25, -0.2) is 8.42 Å². The summed E-state index contributed by atoms with van der Waals surface area (Å²) in [4.78, 5) is 27.5. The third-order valence-corrected chi connectivity index (χ3v) is 8.56. The van der Waals surface area contributed by atoms with Gasteiger partial charge in [-0.05, 0) is 78.8 Å². The van der Waals surface area contributed by atoms with E-state index in [2.05, 4.69) is 29.6 Å². The summed E-state index contributed by atoms with van der Waals surface area (Å²) >= 11 is 0. The fraction of sp³-hybridized carbons (Fsp3) is 0.310. The molecule has 188 valence electrons. The third-order valence-electron chi connectivity index (χ3n) is 6.81. The Morgan fingerprint density at radius 2 is 1.56 bits per heavy atom. The van der Waals surface area contributed by atoms with Crippen molar-refractivity contribution in [3.05, 3.63) is 95.1 Å². The topological polar surface area (TPSA) is 83.5 Å². The summed E-state index contributed by atoms with van der Waals surface area (Å²) in [7, 11) is -1.46. The van der Waals surface area contributed by atoms with E-state index < -0.39 is 9.84 Å². The molecular weight excluding hydrogens is 472 g/mol. The first-order chi connectivity index (χ1) is 17.2. The minimum Gasteiger partial charge on any atom is -0.335 e. The van der Waals surface area contributed by atoms with E-state index in [1.807, 2.05) is 6.92 Å². The Labute approximate surface area is 213 Å². The van der Waals surface area contributed by atoms with Gasteiger partial charge in [0.05, 0.1) is 23.1 Å². The fourth-order valence-electron chi connectivity index (χ4n) is 4.13. The molecule has 3 aromatic rings. The highest BCUT2D eigenvalue weighted by Gasteiger charge is 2.24. The molecule has 1 fully saturated rings. The van der Waals surface area contributed by atoms with Crippen LogP contribution in [0.25, 0.3) is 0 Å². The van der Waals surface area contributed by atoms with E-state index in [-0.39, 0.29) is 34.9 Å². The van der Waals surface area contributed by atoms with Gasteiger partial charge < -0.3 is 10.2 Å².